The van der Waals surface area contributed by atoms with Crippen LogP contribution in [0.5, 0.6) is 0 Å². The number of rotatable bonds is 5. The van der Waals surface area contributed by atoms with Crippen molar-refractivity contribution in [2.75, 3.05) is 6.61 Å². The van der Waals surface area contributed by atoms with Gasteiger partial charge < -0.3 is 4.74 Å². The zero-order valence-corrected chi connectivity index (χ0v) is 16.9. The number of hydrogen-bond acceptors (Lipinski definition) is 2. The first kappa shape index (κ1) is 17.4. The minimum Gasteiger partial charge on any atom is -0.361 e. The van der Waals surface area contributed by atoms with Crippen LogP contribution in [0.3, 0.4) is 0 Å². The quantitative estimate of drug-likeness (QED) is 0.502. The van der Waals surface area contributed by atoms with Crippen LogP contribution >= 0.6 is 31.9 Å². The van der Waals surface area contributed by atoms with E-state index in [1.54, 1.807) is 0 Å². The van der Waals surface area contributed by atoms with E-state index in [4.69, 9.17) is 4.74 Å². The molecule has 0 aromatic carbocycles. The zero-order chi connectivity index (χ0) is 14.8. The van der Waals surface area contributed by atoms with Gasteiger partial charge in [-0.05, 0) is 37.9 Å². The Morgan fingerprint density at radius 3 is 2.26 bits per heavy atom. The van der Waals surface area contributed by atoms with E-state index in [2.05, 4.69) is 81.8 Å². The van der Waals surface area contributed by atoms with Gasteiger partial charge in [0.2, 0.25) is 0 Å². The fourth-order valence-electron chi connectivity index (χ4n) is 1.63. The number of ether oxygens (including phenoxy) is 1. The Balaban J connectivity index is 2.73. The van der Waals surface area contributed by atoms with E-state index in [1.165, 1.54) is 6.04 Å². The van der Waals surface area contributed by atoms with Crippen LogP contribution in [0.1, 0.15) is 26.6 Å². The van der Waals surface area contributed by atoms with Gasteiger partial charge in [-0.15, -0.1) is 0 Å². The van der Waals surface area contributed by atoms with E-state index in [-0.39, 0.29) is 5.41 Å². The standard InChI is InChI=1S/C13H24Br2N2OSi/c1-13(2,3)12-16-10(14)11(15)17(12)9-18-7-8-19(4,5)6/h7-9H2,1-6H3. The Kier molecular flexibility index (Phi) is 5.87. The third-order valence-corrected chi connectivity index (χ3v) is 6.35. The fraction of sp³-hybridized carbons (Fsp3) is 0.769. The number of imidazole rings is 1. The van der Waals surface area contributed by atoms with Crippen LogP contribution in [-0.2, 0) is 16.9 Å². The highest BCUT2D eigenvalue weighted by Crippen LogP contribution is 2.30. The van der Waals surface area contributed by atoms with Gasteiger partial charge in [-0.1, -0.05) is 40.4 Å². The van der Waals surface area contributed by atoms with E-state index in [0.29, 0.717) is 6.73 Å². The van der Waals surface area contributed by atoms with Crippen LogP contribution in [0.2, 0.25) is 25.7 Å². The fourth-order valence-corrected chi connectivity index (χ4v) is 3.13. The topological polar surface area (TPSA) is 27.1 Å². The molecule has 6 heteroatoms. The van der Waals surface area contributed by atoms with Crippen molar-refractivity contribution in [3.05, 3.63) is 15.0 Å². The van der Waals surface area contributed by atoms with Gasteiger partial charge in [-0.25, -0.2) is 4.98 Å². The summed E-state index contributed by atoms with van der Waals surface area (Å²) in [5.74, 6) is 1.03. The molecule has 0 radical (unpaired) electrons. The lowest BCUT2D eigenvalue weighted by Gasteiger charge is -2.21. The summed E-state index contributed by atoms with van der Waals surface area (Å²) in [6, 6.07) is 1.19. The molecule has 0 unspecified atom stereocenters. The number of hydrogen-bond donors (Lipinski definition) is 0. The lowest BCUT2D eigenvalue weighted by atomic mass is 9.96. The molecule has 0 saturated carbocycles. The molecule has 0 N–H and O–H groups in total. The second-order valence-electron chi connectivity index (χ2n) is 7.04. The van der Waals surface area contributed by atoms with Gasteiger partial charge in [0, 0.05) is 20.1 Å². The Labute approximate surface area is 134 Å². The zero-order valence-electron chi connectivity index (χ0n) is 12.7. The average molecular weight is 412 g/mol. The molecule has 0 aliphatic rings. The maximum absolute atomic E-state index is 5.83. The highest BCUT2D eigenvalue weighted by atomic mass is 79.9. The molecular weight excluding hydrogens is 388 g/mol. The molecule has 110 valence electrons. The van der Waals surface area contributed by atoms with Gasteiger partial charge in [-0.2, -0.15) is 0 Å². The molecule has 1 aromatic rings. The summed E-state index contributed by atoms with van der Waals surface area (Å²) in [6.07, 6.45) is 0. The monoisotopic (exact) mass is 410 g/mol. The summed E-state index contributed by atoms with van der Waals surface area (Å²) in [5, 5.41) is 0. The molecule has 0 amide bonds. The summed E-state index contributed by atoms with van der Waals surface area (Å²) in [4.78, 5) is 4.57. The summed E-state index contributed by atoms with van der Waals surface area (Å²) < 4.78 is 9.71. The van der Waals surface area contributed by atoms with Gasteiger partial charge in [0.25, 0.3) is 0 Å². The van der Waals surface area contributed by atoms with Crippen molar-refractivity contribution < 1.29 is 4.74 Å². The predicted octanol–water partition coefficient (Wildman–Crippen LogP) is 5.02. The van der Waals surface area contributed by atoms with Crippen LogP contribution in [0, 0.1) is 0 Å². The van der Waals surface area contributed by atoms with Crippen molar-refractivity contribution in [1.29, 1.82) is 0 Å². The lowest BCUT2D eigenvalue weighted by Crippen LogP contribution is -2.23. The Bertz CT molecular complexity index is 433. The Morgan fingerprint density at radius 1 is 1.21 bits per heavy atom. The second-order valence-corrected chi connectivity index (χ2v) is 14.2. The molecule has 0 aliphatic carbocycles. The largest absolute Gasteiger partial charge is 0.361 e. The molecule has 0 aliphatic heterocycles. The molecular formula is C13H24Br2N2OSi. The van der Waals surface area contributed by atoms with Crippen LogP contribution in [-0.4, -0.2) is 24.2 Å². The van der Waals surface area contributed by atoms with Crippen molar-refractivity contribution in [2.24, 2.45) is 0 Å². The van der Waals surface area contributed by atoms with E-state index < -0.39 is 8.07 Å². The minimum absolute atomic E-state index is 0.00330. The first-order valence-electron chi connectivity index (χ1n) is 6.52. The first-order valence-corrected chi connectivity index (χ1v) is 11.8. The smallest absolute Gasteiger partial charge is 0.139 e. The molecule has 1 rings (SSSR count). The third kappa shape index (κ3) is 5.32. The third-order valence-electron chi connectivity index (χ3n) is 2.75. The van der Waals surface area contributed by atoms with Crippen LogP contribution in [0.25, 0.3) is 0 Å². The molecule has 0 saturated heterocycles. The van der Waals surface area contributed by atoms with E-state index in [1.807, 2.05) is 0 Å². The van der Waals surface area contributed by atoms with Crippen molar-refractivity contribution in [2.45, 2.75) is 58.6 Å². The molecule has 0 fully saturated rings. The van der Waals surface area contributed by atoms with Crippen molar-refractivity contribution >= 4 is 39.9 Å². The van der Waals surface area contributed by atoms with Gasteiger partial charge in [0.1, 0.15) is 21.8 Å². The normalized spacial score (nSPS) is 13.1. The summed E-state index contributed by atoms with van der Waals surface area (Å²) in [7, 11) is -1.02. The van der Waals surface area contributed by atoms with Crippen LogP contribution < -0.4 is 0 Å². The van der Waals surface area contributed by atoms with E-state index >= 15 is 0 Å². The van der Waals surface area contributed by atoms with Crippen molar-refractivity contribution in [3.8, 4) is 0 Å². The highest BCUT2D eigenvalue weighted by molar-refractivity contribution is 9.13. The second kappa shape index (κ2) is 6.41. The molecule has 0 spiro atoms. The highest BCUT2D eigenvalue weighted by Gasteiger charge is 2.24. The maximum Gasteiger partial charge on any atom is 0.139 e. The SMILES string of the molecule is CC(C)(C)c1nc(Br)c(Br)n1COCC[Si](C)(C)C. The number of aromatic nitrogens is 2. The van der Waals surface area contributed by atoms with E-state index in [0.717, 1.165) is 21.6 Å². The minimum atomic E-state index is -1.02. The summed E-state index contributed by atoms with van der Waals surface area (Å²) in [6.45, 7) is 14.9. The molecule has 1 heterocycles. The molecule has 19 heavy (non-hydrogen) atoms. The van der Waals surface area contributed by atoms with Crippen LogP contribution in [0.4, 0.5) is 0 Å². The van der Waals surface area contributed by atoms with E-state index in [9.17, 15) is 0 Å². The summed E-state index contributed by atoms with van der Waals surface area (Å²) >= 11 is 7.04. The summed E-state index contributed by atoms with van der Waals surface area (Å²) in [5.41, 5.74) is -0.00330. The van der Waals surface area contributed by atoms with Crippen molar-refractivity contribution in [1.82, 2.24) is 9.55 Å². The van der Waals surface area contributed by atoms with Gasteiger partial charge in [-0.3, -0.25) is 4.57 Å². The number of halogens is 2. The van der Waals surface area contributed by atoms with Gasteiger partial charge >= 0.3 is 0 Å². The van der Waals surface area contributed by atoms with Crippen molar-refractivity contribution in [3.63, 3.8) is 0 Å². The number of nitrogens with zero attached hydrogens (tertiary/aromatic N) is 2. The molecule has 0 atom stereocenters. The maximum atomic E-state index is 5.83. The molecule has 3 nitrogen and oxygen atoms in total. The lowest BCUT2D eigenvalue weighted by molar-refractivity contribution is 0.0815. The van der Waals surface area contributed by atoms with Gasteiger partial charge in [0.15, 0.2) is 0 Å². The Morgan fingerprint density at radius 2 is 1.79 bits per heavy atom. The predicted molar refractivity (Wildman–Crippen MR) is 90.4 cm³/mol. The van der Waals surface area contributed by atoms with Gasteiger partial charge in [0.05, 0.1) is 0 Å². The molecule has 0 bridgehead atoms. The molecule has 1 aromatic heterocycles. The first-order chi connectivity index (χ1) is 8.52. The van der Waals surface area contributed by atoms with Crippen LogP contribution in [0.15, 0.2) is 9.21 Å². The Hall–Kier alpha value is 0.347. The average Bonchev–Trinajstić information content (AvgIpc) is 2.50.